The van der Waals surface area contributed by atoms with Crippen molar-refractivity contribution in [1.29, 1.82) is 0 Å². The van der Waals surface area contributed by atoms with E-state index in [1.54, 1.807) is 6.08 Å². The van der Waals surface area contributed by atoms with Gasteiger partial charge >= 0.3 is 0 Å². The predicted molar refractivity (Wildman–Crippen MR) is 92.1 cm³/mol. The van der Waals surface area contributed by atoms with Crippen LogP contribution in [0.25, 0.3) is 0 Å². The zero-order valence-corrected chi connectivity index (χ0v) is 15.4. The van der Waals surface area contributed by atoms with Crippen molar-refractivity contribution in [3.63, 3.8) is 0 Å². The molecule has 0 unspecified atom stereocenters. The minimum atomic E-state index is -0.655. The highest BCUT2D eigenvalue weighted by molar-refractivity contribution is 5.15. The van der Waals surface area contributed by atoms with Crippen molar-refractivity contribution in [3.8, 4) is 0 Å². The van der Waals surface area contributed by atoms with E-state index in [-0.39, 0.29) is 22.5 Å². The molecular formula is C20H34O3. The molecule has 0 spiro atoms. The molecule has 3 heteroatoms. The van der Waals surface area contributed by atoms with Crippen LogP contribution in [0.15, 0.2) is 12.7 Å². The smallest absolute Gasteiger partial charge is 0.110 e. The van der Waals surface area contributed by atoms with E-state index < -0.39 is 11.7 Å². The monoisotopic (exact) mass is 322 g/mol. The highest BCUT2D eigenvalue weighted by Crippen LogP contribution is 2.65. The molecule has 0 bridgehead atoms. The summed E-state index contributed by atoms with van der Waals surface area (Å²) in [5.74, 6) is 0.796. The zero-order valence-electron chi connectivity index (χ0n) is 15.4. The number of hydrogen-bond donors (Lipinski definition) is 2. The van der Waals surface area contributed by atoms with E-state index >= 15 is 0 Å². The quantitative estimate of drug-likeness (QED) is 0.724. The molecule has 1 heterocycles. The van der Waals surface area contributed by atoms with Crippen molar-refractivity contribution in [2.75, 3.05) is 0 Å². The Bertz CT molecular complexity index is 501. The summed E-state index contributed by atoms with van der Waals surface area (Å²) in [5.41, 5.74) is -0.832. The molecule has 0 aromatic carbocycles. The first-order chi connectivity index (χ1) is 10.5. The van der Waals surface area contributed by atoms with E-state index in [9.17, 15) is 10.2 Å². The van der Waals surface area contributed by atoms with Gasteiger partial charge in [-0.2, -0.15) is 0 Å². The Labute approximate surface area is 141 Å². The van der Waals surface area contributed by atoms with E-state index in [1.165, 1.54) is 0 Å². The fourth-order valence-electron chi connectivity index (χ4n) is 6.34. The van der Waals surface area contributed by atoms with Gasteiger partial charge in [0.2, 0.25) is 0 Å². The lowest BCUT2D eigenvalue weighted by atomic mass is 9.43. The molecule has 0 aromatic rings. The maximum atomic E-state index is 10.7. The molecule has 0 radical (unpaired) electrons. The summed E-state index contributed by atoms with van der Waals surface area (Å²) in [5, 5.41) is 21.3. The van der Waals surface area contributed by atoms with Gasteiger partial charge in [0.1, 0.15) is 5.60 Å². The second-order valence-corrected chi connectivity index (χ2v) is 9.58. The summed E-state index contributed by atoms with van der Waals surface area (Å²) in [6, 6.07) is 0. The van der Waals surface area contributed by atoms with E-state index in [0.29, 0.717) is 11.8 Å². The first-order valence-corrected chi connectivity index (χ1v) is 9.19. The van der Waals surface area contributed by atoms with Crippen LogP contribution < -0.4 is 0 Å². The Hall–Kier alpha value is -0.380. The molecule has 0 amide bonds. The molecule has 2 N–H and O–H groups in total. The van der Waals surface area contributed by atoms with E-state index in [1.807, 2.05) is 6.92 Å². The number of aliphatic hydroxyl groups excluding tert-OH is 2. The van der Waals surface area contributed by atoms with Gasteiger partial charge in [0.15, 0.2) is 0 Å². The minimum absolute atomic E-state index is 0.0710. The van der Waals surface area contributed by atoms with E-state index in [4.69, 9.17) is 4.74 Å². The normalized spacial score (nSPS) is 55.6. The van der Waals surface area contributed by atoms with Crippen LogP contribution >= 0.6 is 0 Å². The molecule has 2 aliphatic carbocycles. The summed E-state index contributed by atoms with van der Waals surface area (Å²) >= 11 is 0. The lowest BCUT2D eigenvalue weighted by molar-refractivity contribution is -0.288. The Morgan fingerprint density at radius 1 is 0.957 bits per heavy atom. The third-order valence-corrected chi connectivity index (χ3v) is 7.95. The largest absolute Gasteiger partial charge is 0.393 e. The van der Waals surface area contributed by atoms with Crippen LogP contribution in [0.2, 0.25) is 0 Å². The summed E-state index contributed by atoms with van der Waals surface area (Å²) in [7, 11) is 0. The van der Waals surface area contributed by atoms with Crippen LogP contribution in [0.5, 0.6) is 0 Å². The summed E-state index contributed by atoms with van der Waals surface area (Å²) < 4.78 is 6.51. The Morgan fingerprint density at radius 2 is 1.61 bits per heavy atom. The first kappa shape index (κ1) is 17.4. The average molecular weight is 322 g/mol. The van der Waals surface area contributed by atoms with Crippen molar-refractivity contribution in [2.45, 2.75) is 90.1 Å². The molecule has 23 heavy (non-hydrogen) atoms. The van der Waals surface area contributed by atoms with E-state index in [2.05, 4.69) is 34.3 Å². The van der Waals surface area contributed by atoms with Crippen molar-refractivity contribution >= 4 is 0 Å². The Kier molecular flexibility index (Phi) is 3.84. The molecular weight excluding hydrogens is 288 g/mol. The van der Waals surface area contributed by atoms with Crippen LogP contribution in [0, 0.1) is 22.7 Å². The van der Waals surface area contributed by atoms with Gasteiger partial charge in [0.25, 0.3) is 0 Å². The minimum Gasteiger partial charge on any atom is -0.393 e. The summed E-state index contributed by atoms with van der Waals surface area (Å²) in [6.45, 7) is 14.9. The van der Waals surface area contributed by atoms with Gasteiger partial charge < -0.3 is 14.9 Å². The second-order valence-electron chi connectivity index (χ2n) is 9.58. The van der Waals surface area contributed by atoms with Gasteiger partial charge in [-0.25, -0.2) is 0 Å². The molecule has 0 aromatic heterocycles. The number of hydrogen-bond acceptors (Lipinski definition) is 3. The SMILES string of the molecule is C=C[C@]1(C)O[C@@]2(C)CC[C@@H]3C(C)(C)[C@H](O)CC[C@@]3(C)[C@@H]2C[C@@H]1O. The molecule has 3 rings (SSSR count). The van der Waals surface area contributed by atoms with E-state index in [0.717, 1.165) is 32.1 Å². The standard InChI is InChI=1S/C20H34O3/c1-7-19(5)16(22)12-14-18(4)10-9-15(21)17(2,3)13(18)8-11-20(14,6)23-19/h7,13-16,21-22H,1,8-12H2,2-6H3/t13-,14+,15-,16+,18-,19+,20+/m1/s1. The lowest BCUT2D eigenvalue weighted by Gasteiger charge is -2.66. The second kappa shape index (κ2) is 5.06. The van der Waals surface area contributed by atoms with Gasteiger partial charge in [-0.05, 0) is 68.6 Å². The zero-order chi connectivity index (χ0) is 17.3. The van der Waals surface area contributed by atoms with Gasteiger partial charge in [-0.15, -0.1) is 6.58 Å². The van der Waals surface area contributed by atoms with Crippen molar-refractivity contribution in [1.82, 2.24) is 0 Å². The fraction of sp³-hybridized carbons (Fsp3) is 0.900. The summed E-state index contributed by atoms with van der Waals surface area (Å²) in [6.07, 6.45) is 5.73. The number of aliphatic hydroxyl groups is 2. The molecule has 3 aliphatic rings. The molecule has 3 fully saturated rings. The molecule has 132 valence electrons. The predicted octanol–water partition coefficient (Wildman–Crippen LogP) is 3.68. The highest BCUT2D eigenvalue weighted by atomic mass is 16.5. The van der Waals surface area contributed by atoms with Crippen LogP contribution in [-0.4, -0.2) is 33.6 Å². The Balaban J connectivity index is 1.99. The third kappa shape index (κ3) is 2.26. The average Bonchev–Trinajstić information content (AvgIpc) is 2.46. The number of ether oxygens (including phenoxy) is 1. The maximum Gasteiger partial charge on any atom is 0.110 e. The van der Waals surface area contributed by atoms with Crippen molar-refractivity contribution < 1.29 is 14.9 Å². The number of fused-ring (bicyclic) bond motifs is 3. The first-order valence-electron chi connectivity index (χ1n) is 9.19. The van der Waals surface area contributed by atoms with Gasteiger partial charge in [-0.3, -0.25) is 0 Å². The van der Waals surface area contributed by atoms with Crippen molar-refractivity contribution in [2.24, 2.45) is 22.7 Å². The molecule has 3 nitrogen and oxygen atoms in total. The highest BCUT2D eigenvalue weighted by Gasteiger charge is 2.64. The van der Waals surface area contributed by atoms with Crippen LogP contribution in [0.3, 0.4) is 0 Å². The maximum absolute atomic E-state index is 10.7. The third-order valence-electron chi connectivity index (χ3n) is 7.95. The van der Waals surface area contributed by atoms with Crippen molar-refractivity contribution in [3.05, 3.63) is 12.7 Å². The van der Waals surface area contributed by atoms with Gasteiger partial charge in [0, 0.05) is 0 Å². The Morgan fingerprint density at radius 3 is 2.22 bits per heavy atom. The molecule has 2 saturated carbocycles. The van der Waals surface area contributed by atoms with Gasteiger partial charge in [-0.1, -0.05) is 26.8 Å². The molecule has 1 aliphatic heterocycles. The lowest BCUT2D eigenvalue weighted by Crippen LogP contribution is -2.67. The molecule has 1 saturated heterocycles. The number of rotatable bonds is 1. The summed E-state index contributed by atoms with van der Waals surface area (Å²) in [4.78, 5) is 0. The topological polar surface area (TPSA) is 49.7 Å². The van der Waals surface area contributed by atoms with Crippen LogP contribution in [0.1, 0.15) is 66.7 Å². The molecule has 7 atom stereocenters. The fourth-order valence-corrected chi connectivity index (χ4v) is 6.34. The van der Waals surface area contributed by atoms with Gasteiger partial charge in [0.05, 0.1) is 17.8 Å². The van der Waals surface area contributed by atoms with Crippen LogP contribution in [0.4, 0.5) is 0 Å². The van der Waals surface area contributed by atoms with Crippen LogP contribution in [-0.2, 0) is 4.74 Å².